The average molecular weight is 426 g/mol. The molecule has 3 aromatic carbocycles. The zero-order valence-corrected chi connectivity index (χ0v) is 17.7. The van der Waals surface area contributed by atoms with Gasteiger partial charge >= 0.3 is 0 Å². The van der Waals surface area contributed by atoms with Crippen molar-refractivity contribution in [3.8, 4) is 11.1 Å². The van der Waals surface area contributed by atoms with E-state index in [9.17, 15) is 0 Å². The van der Waals surface area contributed by atoms with Crippen molar-refractivity contribution in [2.24, 2.45) is 0 Å². The molecular formula is C28H15N3S. The number of thiophene rings is 1. The van der Waals surface area contributed by atoms with Crippen molar-refractivity contribution >= 4 is 69.6 Å². The van der Waals surface area contributed by atoms with E-state index in [0.29, 0.717) is 0 Å². The van der Waals surface area contributed by atoms with Crippen LogP contribution in [0.15, 0.2) is 91.5 Å². The summed E-state index contributed by atoms with van der Waals surface area (Å²) < 4.78 is 4.98. The Hall–Kier alpha value is -4.02. The highest BCUT2D eigenvalue weighted by Gasteiger charge is 2.20. The van der Waals surface area contributed by atoms with Gasteiger partial charge in [0.15, 0.2) is 0 Å². The maximum absolute atomic E-state index is 4.42. The maximum atomic E-state index is 4.42. The molecule has 4 heteroatoms. The van der Waals surface area contributed by atoms with Crippen LogP contribution in [0.25, 0.3) is 69.4 Å². The molecule has 0 amide bonds. The summed E-state index contributed by atoms with van der Waals surface area (Å²) in [6.07, 6.45) is 7.70. The van der Waals surface area contributed by atoms with Crippen molar-refractivity contribution in [2.75, 3.05) is 0 Å². The molecule has 8 aromatic rings. The first-order valence-electron chi connectivity index (χ1n) is 10.7. The van der Waals surface area contributed by atoms with Gasteiger partial charge in [0.2, 0.25) is 0 Å². The lowest BCUT2D eigenvalue weighted by Gasteiger charge is -2.07. The molecule has 148 valence electrons. The van der Waals surface area contributed by atoms with Gasteiger partial charge in [-0.05, 0) is 47.5 Å². The standard InChI is InChI=1S/C28H15N3S/c1-2-6-25-20(4-1)27-17(5-3-7-26(27)32-25)16-12-21-18-8-10-29-14-23(18)31-24-15-30-11-9-19(24)22(13-16)28(21)31/h1-15H. The second-order valence-corrected chi connectivity index (χ2v) is 9.40. The van der Waals surface area contributed by atoms with Crippen LogP contribution in [-0.2, 0) is 0 Å². The third-order valence-corrected chi connectivity index (χ3v) is 7.85. The molecule has 5 aromatic heterocycles. The Balaban J connectivity index is 1.60. The topological polar surface area (TPSA) is 30.2 Å². The molecule has 0 bridgehead atoms. The van der Waals surface area contributed by atoms with Crippen LogP contribution in [0.4, 0.5) is 0 Å². The number of aromatic nitrogens is 3. The van der Waals surface area contributed by atoms with E-state index >= 15 is 0 Å². The van der Waals surface area contributed by atoms with Gasteiger partial charge < -0.3 is 4.40 Å². The van der Waals surface area contributed by atoms with Crippen LogP contribution < -0.4 is 0 Å². The number of hydrogen-bond donors (Lipinski definition) is 0. The van der Waals surface area contributed by atoms with E-state index < -0.39 is 0 Å². The van der Waals surface area contributed by atoms with Crippen molar-refractivity contribution in [3.63, 3.8) is 0 Å². The van der Waals surface area contributed by atoms with Crippen LogP contribution in [0.1, 0.15) is 0 Å². The minimum atomic E-state index is 1.13. The molecule has 3 nitrogen and oxygen atoms in total. The second kappa shape index (κ2) is 5.81. The van der Waals surface area contributed by atoms with Crippen LogP contribution in [0.3, 0.4) is 0 Å². The fourth-order valence-corrected chi connectivity index (χ4v) is 6.54. The summed E-state index contributed by atoms with van der Waals surface area (Å²) in [5.41, 5.74) is 6.05. The van der Waals surface area contributed by atoms with Crippen LogP contribution >= 0.6 is 11.3 Å². The molecule has 0 radical (unpaired) electrons. The molecule has 5 heterocycles. The van der Waals surface area contributed by atoms with E-state index in [-0.39, 0.29) is 0 Å². The van der Waals surface area contributed by atoms with E-state index in [1.807, 2.05) is 36.1 Å². The van der Waals surface area contributed by atoms with Crippen LogP contribution in [0.5, 0.6) is 0 Å². The Morgan fingerprint density at radius 1 is 0.625 bits per heavy atom. The Morgan fingerprint density at radius 2 is 1.31 bits per heavy atom. The van der Waals surface area contributed by atoms with E-state index in [4.69, 9.17) is 0 Å². The first kappa shape index (κ1) is 16.6. The quantitative estimate of drug-likeness (QED) is 0.270. The molecular weight excluding hydrogens is 410 g/mol. The summed E-state index contributed by atoms with van der Waals surface area (Å²) in [6.45, 7) is 0. The van der Waals surface area contributed by atoms with Gasteiger partial charge in [0.25, 0.3) is 0 Å². The minimum Gasteiger partial charge on any atom is -0.305 e. The third kappa shape index (κ3) is 1.96. The summed E-state index contributed by atoms with van der Waals surface area (Å²) in [5.74, 6) is 0. The normalized spacial score (nSPS) is 12.4. The molecule has 8 rings (SSSR count). The molecule has 0 aliphatic rings. The Kier molecular flexibility index (Phi) is 3.02. The monoisotopic (exact) mass is 425 g/mol. The van der Waals surface area contributed by atoms with Crippen molar-refractivity contribution in [1.29, 1.82) is 0 Å². The van der Waals surface area contributed by atoms with Crippen LogP contribution in [-0.4, -0.2) is 14.4 Å². The fraction of sp³-hybridized carbons (Fsp3) is 0. The number of fused-ring (bicyclic) bond motifs is 9. The lowest BCUT2D eigenvalue weighted by Crippen LogP contribution is -1.81. The zero-order chi connectivity index (χ0) is 20.8. The fourth-order valence-electron chi connectivity index (χ4n) is 5.41. The Bertz CT molecular complexity index is 1910. The van der Waals surface area contributed by atoms with E-state index in [1.54, 1.807) is 0 Å². The molecule has 32 heavy (non-hydrogen) atoms. The van der Waals surface area contributed by atoms with Crippen molar-refractivity contribution in [1.82, 2.24) is 14.4 Å². The van der Waals surface area contributed by atoms with E-state index in [0.717, 1.165) is 11.0 Å². The van der Waals surface area contributed by atoms with Gasteiger partial charge in [0.05, 0.1) is 28.9 Å². The lowest BCUT2D eigenvalue weighted by molar-refractivity contribution is 1.27. The third-order valence-electron chi connectivity index (χ3n) is 6.71. The van der Waals surface area contributed by atoms with Crippen LogP contribution in [0.2, 0.25) is 0 Å². The molecule has 0 aliphatic carbocycles. The average Bonchev–Trinajstić information content (AvgIpc) is 3.50. The van der Waals surface area contributed by atoms with Gasteiger partial charge in [-0.1, -0.05) is 30.3 Å². The SMILES string of the molecule is c1ccc2c(c1)sc1cccc(-c3cc4c5ccncc5n5c6cnccc6c(c3)c45)c12. The smallest absolute Gasteiger partial charge is 0.0725 e. The zero-order valence-electron chi connectivity index (χ0n) is 16.9. The van der Waals surface area contributed by atoms with Gasteiger partial charge in [-0.15, -0.1) is 11.3 Å². The van der Waals surface area contributed by atoms with E-state index in [1.165, 1.54) is 58.4 Å². The predicted octanol–water partition coefficient (Wildman–Crippen LogP) is 7.66. The molecule has 0 atom stereocenters. The van der Waals surface area contributed by atoms with E-state index in [2.05, 4.69) is 81.1 Å². The van der Waals surface area contributed by atoms with Crippen molar-refractivity contribution in [3.05, 3.63) is 91.5 Å². The summed E-state index contributed by atoms with van der Waals surface area (Å²) in [6, 6.07) is 24.4. The highest BCUT2D eigenvalue weighted by molar-refractivity contribution is 7.25. The number of rotatable bonds is 1. The minimum absolute atomic E-state index is 1.13. The first-order chi connectivity index (χ1) is 15.9. The molecule has 0 saturated carbocycles. The summed E-state index contributed by atoms with van der Waals surface area (Å²) in [5, 5.41) is 7.67. The molecule has 0 aliphatic heterocycles. The van der Waals surface area contributed by atoms with Crippen molar-refractivity contribution in [2.45, 2.75) is 0 Å². The largest absolute Gasteiger partial charge is 0.305 e. The summed E-state index contributed by atoms with van der Waals surface area (Å²) >= 11 is 1.87. The van der Waals surface area contributed by atoms with Gasteiger partial charge in [0, 0.05) is 54.1 Å². The number of nitrogens with zero attached hydrogens (tertiary/aromatic N) is 3. The summed E-state index contributed by atoms with van der Waals surface area (Å²) in [7, 11) is 0. The second-order valence-electron chi connectivity index (χ2n) is 8.32. The molecule has 0 fully saturated rings. The first-order valence-corrected chi connectivity index (χ1v) is 11.5. The van der Waals surface area contributed by atoms with Gasteiger partial charge in [-0.25, -0.2) is 0 Å². The lowest BCUT2D eigenvalue weighted by atomic mass is 9.96. The Morgan fingerprint density at radius 3 is 2.06 bits per heavy atom. The predicted molar refractivity (Wildman–Crippen MR) is 135 cm³/mol. The molecule has 0 unspecified atom stereocenters. The number of benzene rings is 3. The van der Waals surface area contributed by atoms with Gasteiger partial charge in [-0.2, -0.15) is 0 Å². The van der Waals surface area contributed by atoms with Gasteiger partial charge in [-0.3, -0.25) is 9.97 Å². The highest BCUT2D eigenvalue weighted by atomic mass is 32.1. The number of pyridine rings is 2. The van der Waals surface area contributed by atoms with Crippen LogP contribution in [0, 0.1) is 0 Å². The maximum Gasteiger partial charge on any atom is 0.0725 e. The molecule has 0 saturated heterocycles. The number of hydrogen-bond acceptors (Lipinski definition) is 3. The van der Waals surface area contributed by atoms with Gasteiger partial charge in [0.1, 0.15) is 0 Å². The summed E-state index contributed by atoms with van der Waals surface area (Å²) in [4.78, 5) is 8.84. The Labute approximate surface area is 186 Å². The van der Waals surface area contributed by atoms with Crippen molar-refractivity contribution < 1.29 is 0 Å². The molecule has 0 spiro atoms. The molecule has 0 N–H and O–H groups in total. The highest BCUT2D eigenvalue weighted by Crippen LogP contribution is 2.44.